The number of ether oxygens (including phenoxy) is 1. The number of esters is 1. The Morgan fingerprint density at radius 1 is 1.60 bits per heavy atom. The number of nitrogen functional groups attached to an aromatic ring is 1. The van der Waals surface area contributed by atoms with Crippen molar-refractivity contribution in [2.45, 2.75) is 19.9 Å². The maximum Gasteiger partial charge on any atom is 0.328 e. The molecule has 0 aliphatic heterocycles. The second kappa shape index (κ2) is 5.73. The van der Waals surface area contributed by atoms with Crippen LogP contribution in [0.25, 0.3) is 10.9 Å². The summed E-state index contributed by atoms with van der Waals surface area (Å²) in [6.45, 7) is 3.59. The van der Waals surface area contributed by atoms with Crippen LogP contribution < -0.4 is 11.1 Å². The van der Waals surface area contributed by atoms with Gasteiger partial charge in [0, 0.05) is 17.3 Å². The first-order valence-corrected chi connectivity index (χ1v) is 6.30. The molecule has 106 valence electrons. The van der Waals surface area contributed by atoms with E-state index < -0.39 is 17.8 Å². The largest absolute Gasteiger partial charge is 0.464 e. The Morgan fingerprint density at radius 3 is 3.05 bits per heavy atom. The van der Waals surface area contributed by atoms with Gasteiger partial charge in [-0.15, -0.1) is 0 Å². The van der Waals surface area contributed by atoms with Crippen LogP contribution in [0.3, 0.4) is 0 Å². The average Bonchev–Trinajstić information content (AvgIpc) is 2.43. The minimum absolute atomic E-state index is 0.148. The molecule has 0 saturated heterocycles. The molecule has 20 heavy (non-hydrogen) atoms. The number of carbonyl (C=O) groups excluding carboxylic acids is 1. The molecular weight excluding hydrogens is 261 g/mol. The Bertz CT molecular complexity index is 646. The molecule has 0 fully saturated rings. The first kappa shape index (κ1) is 14.0. The molecule has 0 amide bonds. The number of carbonyl (C=O) groups is 1. The lowest BCUT2D eigenvalue weighted by Gasteiger charge is -2.16. The monoisotopic (exact) mass is 277 g/mol. The summed E-state index contributed by atoms with van der Waals surface area (Å²) < 4.78 is 18.9. The van der Waals surface area contributed by atoms with Crippen LogP contribution in [-0.2, 0) is 9.53 Å². The zero-order chi connectivity index (χ0) is 14.7. The van der Waals surface area contributed by atoms with E-state index in [1.807, 2.05) is 0 Å². The van der Waals surface area contributed by atoms with Gasteiger partial charge in [0.15, 0.2) is 5.82 Å². The molecular formula is C14H16FN3O2. The lowest BCUT2D eigenvalue weighted by molar-refractivity contribution is -0.143. The van der Waals surface area contributed by atoms with E-state index in [0.717, 1.165) is 0 Å². The highest BCUT2D eigenvalue weighted by molar-refractivity contribution is 5.99. The lowest BCUT2D eigenvalue weighted by atomic mass is 10.1. The number of halogens is 1. The maximum atomic E-state index is 14.1. The average molecular weight is 277 g/mol. The van der Waals surface area contributed by atoms with Crippen LogP contribution in [0.5, 0.6) is 0 Å². The predicted molar refractivity (Wildman–Crippen MR) is 75.8 cm³/mol. The van der Waals surface area contributed by atoms with Crippen LogP contribution in [0.1, 0.15) is 13.8 Å². The van der Waals surface area contributed by atoms with Gasteiger partial charge in [0.05, 0.1) is 17.8 Å². The Kier molecular flexibility index (Phi) is 4.02. The number of nitrogens with two attached hydrogens (primary N) is 1. The van der Waals surface area contributed by atoms with Crippen molar-refractivity contribution in [1.82, 2.24) is 4.98 Å². The predicted octanol–water partition coefficient (Wildman–Crippen LogP) is 2.32. The van der Waals surface area contributed by atoms with Crippen LogP contribution in [0.2, 0.25) is 0 Å². The quantitative estimate of drug-likeness (QED) is 0.662. The van der Waals surface area contributed by atoms with E-state index in [1.54, 1.807) is 32.2 Å². The SMILES string of the molecule is CCOC(=O)C(C)Nc1c(F)cc(N)c2cccnc12. The van der Waals surface area contributed by atoms with Crippen LogP contribution in [-0.4, -0.2) is 23.6 Å². The number of aromatic nitrogens is 1. The molecule has 1 unspecified atom stereocenters. The van der Waals surface area contributed by atoms with Gasteiger partial charge in [-0.2, -0.15) is 0 Å². The lowest BCUT2D eigenvalue weighted by Crippen LogP contribution is -2.28. The molecule has 0 aliphatic carbocycles. The van der Waals surface area contributed by atoms with Crippen molar-refractivity contribution in [2.75, 3.05) is 17.7 Å². The minimum Gasteiger partial charge on any atom is -0.464 e. The first-order valence-electron chi connectivity index (χ1n) is 6.30. The number of fused-ring (bicyclic) bond motifs is 1. The van der Waals surface area contributed by atoms with Gasteiger partial charge in [0.1, 0.15) is 6.04 Å². The van der Waals surface area contributed by atoms with E-state index >= 15 is 0 Å². The molecule has 0 aliphatic rings. The molecule has 1 aromatic carbocycles. The van der Waals surface area contributed by atoms with E-state index in [9.17, 15) is 9.18 Å². The summed E-state index contributed by atoms with van der Waals surface area (Å²) in [5, 5.41) is 3.43. The molecule has 2 rings (SSSR count). The zero-order valence-corrected chi connectivity index (χ0v) is 11.3. The molecule has 0 radical (unpaired) electrons. The summed E-state index contributed by atoms with van der Waals surface area (Å²) in [7, 11) is 0. The van der Waals surface area contributed by atoms with Crippen molar-refractivity contribution >= 4 is 28.2 Å². The van der Waals surface area contributed by atoms with Gasteiger partial charge >= 0.3 is 5.97 Å². The Labute approximate surface area is 115 Å². The molecule has 6 heteroatoms. The van der Waals surface area contributed by atoms with Crippen molar-refractivity contribution in [3.05, 3.63) is 30.2 Å². The number of hydrogen-bond donors (Lipinski definition) is 2. The summed E-state index contributed by atoms with van der Waals surface area (Å²) in [6, 6.07) is 4.00. The van der Waals surface area contributed by atoms with Crippen molar-refractivity contribution in [3.8, 4) is 0 Å². The maximum absolute atomic E-state index is 14.1. The van der Waals surface area contributed by atoms with Crippen LogP contribution >= 0.6 is 0 Å². The highest BCUT2D eigenvalue weighted by Crippen LogP contribution is 2.30. The summed E-state index contributed by atoms with van der Waals surface area (Å²) >= 11 is 0. The summed E-state index contributed by atoms with van der Waals surface area (Å²) in [6.07, 6.45) is 1.54. The third-order valence-corrected chi connectivity index (χ3v) is 2.88. The first-order chi connectivity index (χ1) is 9.54. The Balaban J connectivity index is 2.41. The van der Waals surface area contributed by atoms with Gasteiger partial charge in [-0.25, -0.2) is 9.18 Å². The second-order valence-corrected chi connectivity index (χ2v) is 4.34. The number of benzene rings is 1. The number of anilines is 2. The smallest absolute Gasteiger partial charge is 0.328 e. The Morgan fingerprint density at radius 2 is 2.35 bits per heavy atom. The fraction of sp³-hybridized carbons (Fsp3) is 0.286. The highest BCUT2D eigenvalue weighted by atomic mass is 19.1. The molecule has 1 heterocycles. The van der Waals surface area contributed by atoms with Crippen LogP contribution in [0, 0.1) is 5.82 Å². The van der Waals surface area contributed by atoms with Crippen molar-refractivity contribution in [1.29, 1.82) is 0 Å². The molecule has 1 atom stereocenters. The highest BCUT2D eigenvalue weighted by Gasteiger charge is 2.18. The van der Waals surface area contributed by atoms with E-state index in [1.165, 1.54) is 6.07 Å². The van der Waals surface area contributed by atoms with Gasteiger partial charge in [-0.3, -0.25) is 4.98 Å². The molecule has 0 saturated carbocycles. The standard InChI is InChI=1S/C14H16FN3O2/c1-3-20-14(19)8(2)18-13-10(15)7-11(16)9-5-4-6-17-12(9)13/h4-8,18H,3,16H2,1-2H3. The molecule has 2 aromatic rings. The van der Waals surface area contributed by atoms with Crippen molar-refractivity contribution < 1.29 is 13.9 Å². The molecule has 0 bridgehead atoms. The topological polar surface area (TPSA) is 77.2 Å². The number of nitrogens with zero attached hydrogens (tertiary/aromatic N) is 1. The van der Waals surface area contributed by atoms with Gasteiger partial charge in [0.25, 0.3) is 0 Å². The normalized spacial score (nSPS) is 12.2. The molecule has 3 N–H and O–H groups in total. The number of pyridine rings is 1. The van der Waals surface area contributed by atoms with Crippen LogP contribution in [0.4, 0.5) is 15.8 Å². The number of rotatable bonds is 4. The van der Waals surface area contributed by atoms with Gasteiger partial charge < -0.3 is 15.8 Å². The fourth-order valence-corrected chi connectivity index (χ4v) is 1.92. The van der Waals surface area contributed by atoms with Crippen molar-refractivity contribution in [3.63, 3.8) is 0 Å². The minimum atomic E-state index is -0.682. The number of hydrogen-bond acceptors (Lipinski definition) is 5. The van der Waals surface area contributed by atoms with Crippen LogP contribution in [0.15, 0.2) is 24.4 Å². The third-order valence-electron chi connectivity index (χ3n) is 2.88. The van der Waals surface area contributed by atoms with Gasteiger partial charge in [-0.05, 0) is 32.0 Å². The third kappa shape index (κ3) is 2.64. The fourth-order valence-electron chi connectivity index (χ4n) is 1.92. The molecule has 1 aromatic heterocycles. The summed E-state index contributed by atoms with van der Waals surface area (Å²) in [5.41, 5.74) is 6.61. The van der Waals surface area contributed by atoms with E-state index in [2.05, 4.69) is 10.3 Å². The van der Waals surface area contributed by atoms with Crippen molar-refractivity contribution in [2.24, 2.45) is 0 Å². The van der Waals surface area contributed by atoms with E-state index in [4.69, 9.17) is 10.5 Å². The van der Waals surface area contributed by atoms with Gasteiger partial charge in [0.2, 0.25) is 0 Å². The zero-order valence-electron chi connectivity index (χ0n) is 11.3. The second-order valence-electron chi connectivity index (χ2n) is 4.34. The van der Waals surface area contributed by atoms with Gasteiger partial charge in [-0.1, -0.05) is 0 Å². The van der Waals surface area contributed by atoms with E-state index in [0.29, 0.717) is 16.6 Å². The number of nitrogens with one attached hydrogen (secondary N) is 1. The van der Waals surface area contributed by atoms with E-state index in [-0.39, 0.29) is 12.3 Å². The molecule has 5 nitrogen and oxygen atoms in total. The summed E-state index contributed by atoms with van der Waals surface area (Å²) in [4.78, 5) is 15.7. The Hall–Kier alpha value is -2.37. The summed E-state index contributed by atoms with van der Waals surface area (Å²) in [5.74, 6) is -1.00. The molecule has 0 spiro atoms.